The van der Waals surface area contributed by atoms with Crippen molar-refractivity contribution < 1.29 is 9.94 Å². The van der Waals surface area contributed by atoms with E-state index in [1.807, 2.05) is 0 Å². The normalized spacial score (nSPS) is 11.6. The number of amidine groups is 1. The van der Waals surface area contributed by atoms with Crippen molar-refractivity contribution in [2.24, 2.45) is 10.9 Å². The zero-order valence-corrected chi connectivity index (χ0v) is 11.7. The van der Waals surface area contributed by atoms with Crippen LogP contribution in [-0.2, 0) is 6.54 Å². The molecule has 0 amide bonds. The monoisotopic (exact) mass is 294 g/mol. The predicted molar refractivity (Wildman–Crippen MR) is 76.6 cm³/mol. The van der Waals surface area contributed by atoms with Crippen LogP contribution in [0.5, 0.6) is 11.5 Å². The standard InChI is InChI=1S/C13H15ClN4O2/c1-2-5-18-8-10(7-16-18)20-12-6-9(14)3-4-11(12)13(15)17-19/h3-4,6-8,19H,2,5H2,1H3,(H2,15,17). The number of ether oxygens (including phenoxy) is 1. The van der Waals surface area contributed by atoms with E-state index >= 15 is 0 Å². The van der Waals surface area contributed by atoms with Gasteiger partial charge in [-0.15, -0.1) is 0 Å². The van der Waals surface area contributed by atoms with E-state index in [1.165, 1.54) is 0 Å². The fraction of sp³-hybridized carbons (Fsp3) is 0.231. The van der Waals surface area contributed by atoms with E-state index in [-0.39, 0.29) is 5.84 Å². The highest BCUT2D eigenvalue weighted by molar-refractivity contribution is 6.30. The quantitative estimate of drug-likeness (QED) is 0.384. The van der Waals surface area contributed by atoms with E-state index in [4.69, 9.17) is 27.3 Å². The third-order valence-electron chi connectivity index (χ3n) is 2.62. The van der Waals surface area contributed by atoms with Gasteiger partial charge in [0.15, 0.2) is 11.6 Å². The van der Waals surface area contributed by atoms with Crippen molar-refractivity contribution >= 4 is 17.4 Å². The van der Waals surface area contributed by atoms with Crippen LogP contribution in [0, 0.1) is 0 Å². The molecule has 0 unspecified atom stereocenters. The number of hydrogen-bond donors (Lipinski definition) is 2. The summed E-state index contributed by atoms with van der Waals surface area (Å²) in [5, 5.41) is 16.4. The largest absolute Gasteiger partial charge is 0.453 e. The average Bonchev–Trinajstić information content (AvgIpc) is 2.86. The highest BCUT2D eigenvalue weighted by Gasteiger charge is 2.11. The lowest BCUT2D eigenvalue weighted by molar-refractivity contribution is 0.318. The summed E-state index contributed by atoms with van der Waals surface area (Å²) in [6, 6.07) is 4.87. The molecule has 0 radical (unpaired) electrons. The zero-order chi connectivity index (χ0) is 14.5. The van der Waals surface area contributed by atoms with Gasteiger partial charge in [0.05, 0.1) is 18.0 Å². The summed E-state index contributed by atoms with van der Waals surface area (Å²) >= 11 is 5.94. The maximum atomic E-state index is 8.78. The number of aryl methyl sites for hydroxylation is 1. The molecular weight excluding hydrogens is 280 g/mol. The van der Waals surface area contributed by atoms with Gasteiger partial charge in [0.2, 0.25) is 0 Å². The van der Waals surface area contributed by atoms with Crippen molar-refractivity contribution in [2.45, 2.75) is 19.9 Å². The Bertz CT molecular complexity index is 625. The van der Waals surface area contributed by atoms with Gasteiger partial charge in [0, 0.05) is 17.6 Å². The van der Waals surface area contributed by atoms with Crippen LogP contribution in [0.3, 0.4) is 0 Å². The second-order valence-corrected chi connectivity index (χ2v) is 4.60. The smallest absolute Gasteiger partial charge is 0.173 e. The molecule has 0 spiro atoms. The lowest BCUT2D eigenvalue weighted by Crippen LogP contribution is -2.14. The molecule has 1 aromatic carbocycles. The highest BCUT2D eigenvalue weighted by Crippen LogP contribution is 2.28. The van der Waals surface area contributed by atoms with Gasteiger partial charge in [-0.05, 0) is 18.6 Å². The molecule has 0 aliphatic carbocycles. The molecule has 6 nitrogen and oxygen atoms in total. The molecule has 7 heteroatoms. The summed E-state index contributed by atoms with van der Waals surface area (Å²) in [5.41, 5.74) is 6.07. The number of oxime groups is 1. The number of benzene rings is 1. The minimum atomic E-state index is -0.0439. The number of halogens is 1. The average molecular weight is 295 g/mol. The number of aromatic nitrogens is 2. The molecule has 20 heavy (non-hydrogen) atoms. The molecular formula is C13H15ClN4O2. The third kappa shape index (κ3) is 3.21. The van der Waals surface area contributed by atoms with Gasteiger partial charge >= 0.3 is 0 Å². The molecule has 0 bridgehead atoms. The molecule has 0 saturated carbocycles. The number of nitrogens with zero attached hydrogens (tertiary/aromatic N) is 3. The van der Waals surface area contributed by atoms with Crippen LogP contribution in [-0.4, -0.2) is 20.8 Å². The lowest BCUT2D eigenvalue weighted by Gasteiger charge is -2.09. The Morgan fingerprint density at radius 2 is 2.35 bits per heavy atom. The van der Waals surface area contributed by atoms with E-state index < -0.39 is 0 Å². The molecule has 0 fully saturated rings. The van der Waals surface area contributed by atoms with Gasteiger partial charge in [-0.2, -0.15) is 5.10 Å². The summed E-state index contributed by atoms with van der Waals surface area (Å²) in [6.45, 7) is 2.88. The van der Waals surface area contributed by atoms with Crippen LogP contribution in [0.25, 0.3) is 0 Å². The fourth-order valence-electron chi connectivity index (χ4n) is 1.72. The van der Waals surface area contributed by atoms with Crippen molar-refractivity contribution in [3.05, 3.63) is 41.2 Å². The first-order valence-electron chi connectivity index (χ1n) is 6.11. The minimum absolute atomic E-state index is 0.0439. The second kappa shape index (κ2) is 6.29. The van der Waals surface area contributed by atoms with E-state index in [9.17, 15) is 0 Å². The Hall–Kier alpha value is -2.21. The van der Waals surface area contributed by atoms with Crippen LogP contribution in [0.1, 0.15) is 18.9 Å². The first kappa shape index (κ1) is 14.2. The number of nitrogens with two attached hydrogens (primary N) is 1. The molecule has 3 N–H and O–H groups in total. The molecule has 0 saturated heterocycles. The maximum absolute atomic E-state index is 8.78. The molecule has 1 aromatic heterocycles. The summed E-state index contributed by atoms with van der Waals surface area (Å²) in [7, 11) is 0. The Labute approximate surface area is 121 Å². The Morgan fingerprint density at radius 3 is 3.05 bits per heavy atom. The second-order valence-electron chi connectivity index (χ2n) is 4.17. The Balaban J connectivity index is 2.29. The lowest BCUT2D eigenvalue weighted by atomic mass is 10.2. The van der Waals surface area contributed by atoms with Gasteiger partial charge in [-0.3, -0.25) is 4.68 Å². The maximum Gasteiger partial charge on any atom is 0.173 e. The number of rotatable bonds is 5. The van der Waals surface area contributed by atoms with Gasteiger partial charge in [-0.1, -0.05) is 23.7 Å². The van der Waals surface area contributed by atoms with Crippen molar-refractivity contribution in [2.75, 3.05) is 0 Å². The van der Waals surface area contributed by atoms with Gasteiger partial charge in [0.1, 0.15) is 5.75 Å². The van der Waals surface area contributed by atoms with Crippen LogP contribution in [0.4, 0.5) is 0 Å². The molecule has 2 aromatic rings. The minimum Gasteiger partial charge on any atom is -0.453 e. The first-order chi connectivity index (χ1) is 9.63. The first-order valence-corrected chi connectivity index (χ1v) is 6.49. The van der Waals surface area contributed by atoms with Crippen molar-refractivity contribution in [3.63, 3.8) is 0 Å². The van der Waals surface area contributed by atoms with Gasteiger partial charge in [0.25, 0.3) is 0 Å². The predicted octanol–water partition coefficient (Wildman–Crippen LogP) is 2.83. The molecule has 2 rings (SSSR count). The third-order valence-corrected chi connectivity index (χ3v) is 2.85. The van der Waals surface area contributed by atoms with Gasteiger partial charge < -0.3 is 15.7 Å². The van der Waals surface area contributed by atoms with Crippen LogP contribution >= 0.6 is 11.6 Å². The van der Waals surface area contributed by atoms with E-state index in [0.717, 1.165) is 13.0 Å². The Kier molecular flexibility index (Phi) is 4.47. The zero-order valence-electron chi connectivity index (χ0n) is 11.0. The van der Waals surface area contributed by atoms with Crippen molar-refractivity contribution in [1.82, 2.24) is 9.78 Å². The van der Waals surface area contributed by atoms with E-state index in [0.29, 0.717) is 22.1 Å². The van der Waals surface area contributed by atoms with Gasteiger partial charge in [-0.25, -0.2) is 0 Å². The van der Waals surface area contributed by atoms with Crippen molar-refractivity contribution in [3.8, 4) is 11.5 Å². The summed E-state index contributed by atoms with van der Waals surface area (Å²) in [4.78, 5) is 0. The summed E-state index contributed by atoms with van der Waals surface area (Å²) < 4.78 is 7.48. The van der Waals surface area contributed by atoms with Crippen LogP contribution < -0.4 is 10.5 Å². The highest BCUT2D eigenvalue weighted by atomic mass is 35.5. The SMILES string of the molecule is CCCn1cc(Oc2cc(Cl)ccc2/C(N)=N/O)cn1. The van der Waals surface area contributed by atoms with Crippen LogP contribution in [0.2, 0.25) is 5.02 Å². The topological polar surface area (TPSA) is 85.7 Å². The van der Waals surface area contributed by atoms with Crippen LogP contribution in [0.15, 0.2) is 35.7 Å². The van der Waals surface area contributed by atoms with Crippen molar-refractivity contribution in [1.29, 1.82) is 0 Å². The summed E-state index contributed by atoms with van der Waals surface area (Å²) in [6.07, 6.45) is 4.36. The molecule has 0 atom stereocenters. The molecule has 106 valence electrons. The number of hydrogen-bond acceptors (Lipinski definition) is 4. The summed E-state index contributed by atoms with van der Waals surface area (Å²) in [5.74, 6) is 0.925. The molecule has 0 aliphatic rings. The fourth-order valence-corrected chi connectivity index (χ4v) is 1.88. The molecule has 1 heterocycles. The Morgan fingerprint density at radius 1 is 1.55 bits per heavy atom. The van der Waals surface area contributed by atoms with E-state index in [2.05, 4.69) is 17.2 Å². The molecule has 0 aliphatic heterocycles. The van der Waals surface area contributed by atoms with E-state index in [1.54, 1.807) is 35.3 Å².